The first-order valence-corrected chi connectivity index (χ1v) is 13.7. The Morgan fingerprint density at radius 1 is 1.18 bits per heavy atom. The maximum atomic E-state index is 12.9. The average Bonchev–Trinajstić information content (AvgIpc) is 3.55. The molecule has 33 heavy (non-hydrogen) atoms. The highest BCUT2D eigenvalue weighted by atomic mass is 32.2. The van der Waals surface area contributed by atoms with E-state index in [1.165, 1.54) is 16.2 Å². The summed E-state index contributed by atoms with van der Waals surface area (Å²) in [5.41, 5.74) is 1.07. The van der Waals surface area contributed by atoms with Gasteiger partial charge in [-0.25, -0.2) is 13.4 Å². The minimum absolute atomic E-state index is 0.0178. The molecule has 10 heteroatoms. The molecule has 5 rings (SSSR count). The van der Waals surface area contributed by atoms with Crippen LogP contribution >= 0.6 is 11.3 Å². The van der Waals surface area contributed by atoms with Gasteiger partial charge < -0.3 is 14.2 Å². The zero-order valence-corrected chi connectivity index (χ0v) is 19.9. The molecule has 2 aliphatic rings. The molecular weight excluding hydrogens is 462 g/mol. The smallest absolute Gasteiger partial charge is 0.289 e. The van der Waals surface area contributed by atoms with E-state index in [2.05, 4.69) is 4.98 Å². The predicted molar refractivity (Wildman–Crippen MR) is 125 cm³/mol. The number of fused-ring (bicyclic) bond motifs is 1. The number of benzene rings is 1. The zero-order valence-electron chi connectivity index (χ0n) is 18.3. The monoisotopic (exact) mass is 487 g/mol. The van der Waals surface area contributed by atoms with Crippen molar-refractivity contribution in [3.05, 3.63) is 52.2 Å². The zero-order chi connectivity index (χ0) is 23.2. The number of rotatable bonds is 4. The summed E-state index contributed by atoms with van der Waals surface area (Å²) >= 11 is 1.45. The maximum absolute atomic E-state index is 12.9. The van der Waals surface area contributed by atoms with Crippen LogP contribution in [0.2, 0.25) is 0 Å². The normalized spacial score (nSPS) is 20.9. The van der Waals surface area contributed by atoms with Crippen LogP contribution in [0, 0.1) is 0 Å². The molecule has 1 unspecified atom stereocenters. The molecular formula is C23H25N3O5S2. The third kappa shape index (κ3) is 4.41. The molecule has 2 fully saturated rings. The standard InChI is InChI=1S/C23H25N3O5S2/c1-25(17-8-11-33(29,30)14-17)22(27)18-13-32-21(24-18)15-6-9-26(10-7-15)23(28)20-12-16-4-2-3-5-19(16)31-20/h2-5,12-13,15,17H,6-11,14H2,1H3. The Morgan fingerprint density at radius 3 is 2.64 bits per heavy atom. The van der Waals surface area contributed by atoms with Crippen LogP contribution in [0.3, 0.4) is 0 Å². The lowest BCUT2D eigenvalue weighted by atomic mass is 9.97. The Kier molecular flexibility index (Phi) is 5.74. The molecule has 174 valence electrons. The lowest BCUT2D eigenvalue weighted by Gasteiger charge is -2.30. The van der Waals surface area contributed by atoms with E-state index in [9.17, 15) is 18.0 Å². The number of aromatic nitrogens is 1. The number of sulfone groups is 1. The summed E-state index contributed by atoms with van der Waals surface area (Å²) in [6.07, 6.45) is 2.01. The number of carbonyl (C=O) groups excluding carboxylic acids is 2. The summed E-state index contributed by atoms with van der Waals surface area (Å²) in [7, 11) is -1.41. The van der Waals surface area contributed by atoms with E-state index in [4.69, 9.17) is 4.42 Å². The fourth-order valence-electron chi connectivity index (χ4n) is 4.57. The van der Waals surface area contributed by atoms with Gasteiger partial charge in [-0.05, 0) is 31.4 Å². The minimum atomic E-state index is -3.06. The number of piperidine rings is 1. The number of nitrogens with zero attached hydrogens (tertiary/aromatic N) is 3. The van der Waals surface area contributed by atoms with Crippen molar-refractivity contribution in [2.75, 3.05) is 31.6 Å². The Morgan fingerprint density at radius 2 is 1.94 bits per heavy atom. The van der Waals surface area contributed by atoms with Crippen LogP contribution in [0.4, 0.5) is 0 Å². The second-order valence-electron chi connectivity index (χ2n) is 8.76. The molecule has 4 heterocycles. The third-order valence-corrected chi connectivity index (χ3v) is 9.34. The van der Waals surface area contributed by atoms with Crippen molar-refractivity contribution >= 4 is 44.0 Å². The van der Waals surface area contributed by atoms with Crippen LogP contribution in [-0.4, -0.2) is 72.7 Å². The van der Waals surface area contributed by atoms with Crippen molar-refractivity contribution in [1.29, 1.82) is 0 Å². The van der Waals surface area contributed by atoms with Gasteiger partial charge in [0.15, 0.2) is 15.6 Å². The van der Waals surface area contributed by atoms with E-state index in [0.717, 1.165) is 23.2 Å². The molecule has 1 aromatic carbocycles. The van der Waals surface area contributed by atoms with Gasteiger partial charge in [0.2, 0.25) is 0 Å². The fraction of sp³-hybridized carbons (Fsp3) is 0.435. The number of hydrogen-bond acceptors (Lipinski definition) is 7. The van der Waals surface area contributed by atoms with Crippen molar-refractivity contribution in [2.45, 2.75) is 31.2 Å². The number of thiazole rings is 1. The van der Waals surface area contributed by atoms with E-state index in [0.29, 0.717) is 36.5 Å². The minimum Gasteiger partial charge on any atom is -0.451 e. The second kappa shape index (κ2) is 8.57. The van der Waals surface area contributed by atoms with Crippen LogP contribution in [0.25, 0.3) is 11.0 Å². The van der Waals surface area contributed by atoms with Gasteiger partial charge in [0.25, 0.3) is 11.8 Å². The Bertz CT molecular complexity index is 1270. The number of likely N-dealkylation sites (tertiary alicyclic amines) is 1. The molecule has 0 radical (unpaired) electrons. The topological polar surface area (TPSA) is 101 Å². The van der Waals surface area contributed by atoms with Crippen molar-refractivity contribution < 1.29 is 22.4 Å². The summed E-state index contributed by atoms with van der Waals surface area (Å²) in [6.45, 7) is 1.20. The summed E-state index contributed by atoms with van der Waals surface area (Å²) in [6, 6.07) is 9.06. The molecule has 0 N–H and O–H groups in total. The van der Waals surface area contributed by atoms with Gasteiger partial charge in [-0.1, -0.05) is 18.2 Å². The van der Waals surface area contributed by atoms with Gasteiger partial charge >= 0.3 is 0 Å². The predicted octanol–water partition coefficient (Wildman–Crippen LogP) is 3.17. The summed E-state index contributed by atoms with van der Waals surface area (Å²) in [5, 5.41) is 3.56. The average molecular weight is 488 g/mol. The first kappa shape index (κ1) is 22.1. The number of carbonyl (C=O) groups is 2. The van der Waals surface area contributed by atoms with Crippen LogP contribution in [0.15, 0.2) is 40.1 Å². The van der Waals surface area contributed by atoms with Crippen molar-refractivity contribution in [1.82, 2.24) is 14.8 Å². The van der Waals surface area contributed by atoms with E-state index in [1.807, 2.05) is 29.2 Å². The number of amides is 2. The van der Waals surface area contributed by atoms with E-state index < -0.39 is 9.84 Å². The highest BCUT2D eigenvalue weighted by molar-refractivity contribution is 7.91. The molecule has 1 atom stereocenters. The Hall–Kier alpha value is -2.72. The van der Waals surface area contributed by atoms with Gasteiger partial charge in [-0.2, -0.15) is 0 Å². The van der Waals surface area contributed by atoms with Gasteiger partial charge in [-0.3, -0.25) is 9.59 Å². The van der Waals surface area contributed by atoms with Gasteiger partial charge in [0, 0.05) is 42.9 Å². The highest BCUT2D eigenvalue weighted by Gasteiger charge is 2.34. The molecule has 2 amide bonds. The molecule has 3 aromatic rings. The van der Waals surface area contributed by atoms with Crippen LogP contribution in [0.1, 0.15) is 51.2 Å². The number of hydrogen-bond donors (Lipinski definition) is 0. The molecule has 0 bridgehead atoms. The van der Waals surface area contributed by atoms with Crippen molar-refractivity contribution in [3.8, 4) is 0 Å². The molecule has 2 aliphatic heterocycles. The molecule has 2 saturated heterocycles. The van der Waals surface area contributed by atoms with E-state index in [-0.39, 0.29) is 35.3 Å². The Balaban J connectivity index is 1.20. The highest BCUT2D eigenvalue weighted by Crippen LogP contribution is 2.32. The van der Waals surface area contributed by atoms with E-state index >= 15 is 0 Å². The van der Waals surface area contributed by atoms with Gasteiger partial charge in [0.1, 0.15) is 11.3 Å². The summed E-state index contributed by atoms with van der Waals surface area (Å²) in [4.78, 5) is 33.6. The lowest BCUT2D eigenvalue weighted by Crippen LogP contribution is -2.38. The molecule has 8 nitrogen and oxygen atoms in total. The first-order valence-electron chi connectivity index (χ1n) is 11.0. The molecule has 0 saturated carbocycles. The van der Waals surface area contributed by atoms with Crippen molar-refractivity contribution in [2.24, 2.45) is 0 Å². The quantitative estimate of drug-likeness (QED) is 0.560. The lowest BCUT2D eigenvalue weighted by molar-refractivity contribution is 0.0683. The molecule has 2 aromatic heterocycles. The Labute approximate surface area is 196 Å². The molecule has 0 aliphatic carbocycles. The fourth-order valence-corrected chi connectivity index (χ4v) is 7.31. The number of furan rings is 1. The first-order chi connectivity index (χ1) is 15.8. The van der Waals surface area contributed by atoms with Crippen LogP contribution in [-0.2, 0) is 9.84 Å². The summed E-state index contributed by atoms with van der Waals surface area (Å²) < 4.78 is 29.2. The van der Waals surface area contributed by atoms with E-state index in [1.54, 1.807) is 18.5 Å². The molecule has 0 spiro atoms. The third-order valence-electron chi connectivity index (χ3n) is 6.59. The summed E-state index contributed by atoms with van der Waals surface area (Å²) in [5.74, 6) is 0.347. The maximum Gasteiger partial charge on any atom is 0.289 e. The SMILES string of the molecule is CN(C(=O)c1csc(C2CCN(C(=O)c3cc4ccccc4o3)CC2)n1)C1CCS(=O)(=O)C1. The second-order valence-corrected chi connectivity index (χ2v) is 11.9. The largest absolute Gasteiger partial charge is 0.451 e. The van der Waals surface area contributed by atoms with Gasteiger partial charge in [0.05, 0.1) is 16.5 Å². The van der Waals surface area contributed by atoms with Gasteiger partial charge in [-0.15, -0.1) is 11.3 Å². The van der Waals surface area contributed by atoms with Crippen LogP contribution < -0.4 is 0 Å². The van der Waals surface area contributed by atoms with Crippen LogP contribution in [0.5, 0.6) is 0 Å². The number of para-hydroxylation sites is 1. The van der Waals surface area contributed by atoms with Crippen molar-refractivity contribution in [3.63, 3.8) is 0 Å².